The van der Waals surface area contributed by atoms with E-state index in [4.69, 9.17) is 0 Å². The van der Waals surface area contributed by atoms with Gasteiger partial charge in [0.2, 0.25) is 10.0 Å². The van der Waals surface area contributed by atoms with Gasteiger partial charge in [-0.2, -0.15) is 13.2 Å². The molecule has 1 aliphatic heterocycles. The number of hydrogen-bond acceptors (Lipinski definition) is 3. The monoisotopic (exact) mass is 358 g/mol. The average molecular weight is 359 g/mol. The molecule has 2 atom stereocenters. The van der Waals surface area contributed by atoms with Crippen LogP contribution in [-0.4, -0.2) is 27.0 Å². The highest BCUT2D eigenvalue weighted by atomic mass is 35.5. The minimum absolute atomic E-state index is 0. The molecule has 126 valence electrons. The number of sulfonamides is 1. The van der Waals surface area contributed by atoms with Gasteiger partial charge >= 0.3 is 6.18 Å². The van der Waals surface area contributed by atoms with E-state index in [0.29, 0.717) is 6.42 Å². The molecule has 1 aromatic carbocycles. The Bertz CT molecular complexity index is 608. The molecule has 22 heavy (non-hydrogen) atoms. The molecule has 0 spiro atoms. The van der Waals surface area contributed by atoms with E-state index < -0.39 is 32.7 Å². The molecule has 2 unspecified atom stereocenters. The molecule has 1 aromatic rings. The van der Waals surface area contributed by atoms with Crippen molar-refractivity contribution in [3.8, 4) is 0 Å². The number of hydrogen-bond donors (Lipinski definition) is 2. The number of benzene rings is 1. The van der Waals surface area contributed by atoms with Crippen LogP contribution < -0.4 is 10.0 Å². The summed E-state index contributed by atoms with van der Waals surface area (Å²) < 4.78 is 65.7. The van der Waals surface area contributed by atoms with Gasteiger partial charge in [0.1, 0.15) is 0 Å². The van der Waals surface area contributed by atoms with E-state index in [0.717, 1.165) is 25.1 Å². The summed E-state index contributed by atoms with van der Waals surface area (Å²) in [5.41, 5.74) is -1.14. The fourth-order valence-electron chi connectivity index (χ4n) is 2.40. The summed E-state index contributed by atoms with van der Waals surface area (Å²) in [6, 6.07) is 3.68. The molecule has 0 saturated carbocycles. The molecule has 1 saturated heterocycles. The fraction of sp³-hybridized carbons (Fsp3) is 0.538. The van der Waals surface area contributed by atoms with Gasteiger partial charge in [0, 0.05) is 12.1 Å². The first-order valence-corrected chi connectivity index (χ1v) is 8.12. The van der Waals surface area contributed by atoms with E-state index in [1.54, 1.807) is 0 Å². The molecule has 9 heteroatoms. The summed E-state index contributed by atoms with van der Waals surface area (Å²) >= 11 is 0. The van der Waals surface area contributed by atoms with Crippen LogP contribution in [0.2, 0.25) is 0 Å². The van der Waals surface area contributed by atoms with Crippen molar-refractivity contribution in [1.29, 1.82) is 0 Å². The zero-order valence-electron chi connectivity index (χ0n) is 11.9. The van der Waals surface area contributed by atoms with Crippen LogP contribution in [0.15, 0.2) is 29.2 Å². The smallest absolute Gasteiger partial charge is 0.313 e. The molecular weight excluding hydrogens is 341 g/mol. The molecule has 0 bridgehead atoms. The largest absolute Gasteiger partial charge is 0.417 e. The molecule has 2 rings (SSSR count). The Morgan fingerprint density at radius 2 is 1.91 bits per heavy atom. The third kappa shape index (κ3) is 4.34. The first kappa shape index (κ1) is 19.2. The van der Waals surface area contributed by atoms with Gasteiger partial charge in [-0.25, -0.2) is 13.1 Å². The van der Waals surface area contributed by atoms with Crippen LogP contribution in [0.25, 0.3) is 0 Å². The highest BCUT2D eigenvalue weighted by Crippen LogP contribution is 2.34. The second-order valence-corrected chi connectivity index (χ2v) is 6.79. The van der Waals surface area contributed by atoms with Crippen LogP contribution >= 0.6 is 12.4 Å². The molecule has 4 nitrogen and oxygen atoms in total. The summed E-state index contributed by atoms with van der Waals surface area (Å²) in [6.45, 7) is 2.58. The fourth-order valence-corrected chi connectivity index (χ4v) is 3.98. The summed E-state index contributed by atoms with van der Waals surface area (Å²) in [6.07, 6.45) is -3.33. The van der Waals surface area contributed by atoms with Gasteiger partial charge in [0.25, 0.3) is 0 Å². The molecule has 0 aromatic heterocycles. The lowest BCUT2D eigenvalue weighted by Crippen LogP contribution is -2.51. The SMILES string of the molecule is CC1NCCCC1NS(=O)(=O)c1ccccc1C(F)(F)F.Cl. The van der Waals surface area contributed by atoms with E-state index in [9.17, 15) is 21.6 Å². The molecule has 0 amide bonds. The quantitative estimate of drug-likeness (QED) is 0.873. The highest BCUT2D eigenvalue weighted by molar-refractivity contribution is 7.89. The Morgan fingerprint density at radius 1 is 1.27 bits per heavy atom. The van der Waals surface area contributed by atoms with E-state index in [2.05, 4.69) is 10.0 Å². The van der Waals surface area contributed by atoms with Crippen molar-refractivity contribution in [2.75, 3.05) is 6.54 Å². The maximum absolute atomic E-state index is 12.9. The maximum Gasteiger partial charge on any atom is 0.417 e. The van der Waals surface area contributed by atoms with Gasteiger partial charge in [0.05, 0.1) is 10.5 Å². The van der Waals surface area contributed by atoms with Crippen LogP contribution in [0, 0.1) is 0 Å². The standard InChI is InChI=1S/C13H17F3N2O2S.ClH/c1-9-11(6-4-8-17-9)18-21(19,20)12-7-3-2-5-10(12)13(14,15)16;/h2-3,5,7,9,11,17-18H,4,6,8H2,1H3;1H. The van der Waals surface area contributed by atoms with Crippen molar-refractivity contribution in [1.82, 2.24) is 10.0 Å². The van der Waals surface area contributed by atoms with Crippen molar-refractivity contribution in [2.45, 2.75) is 42.9 Å². The predicted octanol–water partition coefficient (Wildman–Crippen LogP) is 2.55. The Labute approximate surface area is 133 Å². The number of halogens is 4. The Kier molecular flexibility index (Phi) is 6.26. The summed E-state index contributed by atoms with van der Waals surface area (Å²) in [4.78, 5) is -0.727. The molecule has 1 aliphatic rings. The van der Waals surface area contributed by atoms with Crippen LogP contribution in [0.1, 0.15) is 25.3 Å². The van der Waals surface area contributed by atoms with Gasteiger partial charge in [-0.3, -0.25) is 0 Å². The predicted molar refractivity (Wildman–Crippen MR) is 79.5 cm³/mol. The molecule has 1 fully saturated rings. The zero-order chi connectivity index (χ0) is 15.7. The second-order valence-electron chi connectivity index (χ2n) is 5.11. The molecule has 0 radical (unpaired) electrons. The number of rotatable bonds is 3. The van der Waals surface area contributed by atoms with Crippen molar-refractivity contribution >= 4 is 22.4 Å². The van der Waals surface area contributed by atoms with Crippen molar-refractivity contribution < 1.29 is 21.6 Å². The lowest BCUT2D eigenvalue weighted by atomic mass is 10.0. The molecule has 0 aliphatic carbocycles. The maximum atomic E-state index is 12.9. The van der Waals surface area contributed by atoms with Gasteiger partial charge in [-0.1, -0.05) is 12.1 Å². The Morgan fingerprint density at radius 3 is 2.50 bits per heavy atom. The van der Waals surface area contributed by atoms with E-state index in [-0.39, 0.29) is 18.4 Å². The lowest BCUT2D eigenvalue weighted by Gasteiger charge is -2.30. The minimum atomic E-state index is -4.71. The number of nitrogens with one attached hydrogen (secondary N) is 2. The van der Waals surface area contributed by atoms with Crippen molar-refractivity contribution in [3.63, 3.8) is 0 Å². The van der Waals surface area contributed by atoms with Crippen molar-refractivity contribution in [3.05, 3.63) is 29.8 Å². The minimum Gasteiger partial charge on any atom is -0.313 e. The van der Waals surface area contributed by atoms with Gasteiger partial charge in [-0.15, -0.1) is 12.4 Å². The number of alkyl halides is 3. The molecule has 1 heterocycles. The van der Waals surface area contributed by atoms with Crippen molar-refractivity contribution in [2.24, 2.45) is 0 Å². The summed E-state index contributed by atoms with van der Waals surface area (Å²) in [7, 11) is -4.22. The Balaban J connectivity index is 0.00000242. The molecular formula is C13H18ClF3N2O2S. The third-order valence-electron chi connectivity index (χ3n) is 3.55. The second kappa shape index (κ2) is 7.16. The first-order chi connectivity index (χ1) is 9.72. The van der Waals surface area contributed by atoms with Crippen LogP contribution in [0.5, 0.6) is 0 Å². The summed E-state index contributed by atoms with van der Waals surface area (Å²) in [5.74, 6) is 0. The molecule has 2 N–H and O–H groups in total. The van der Waals surface area contributed by atoms with Gasteiger partial charge in [-0.05, 0) is 38.4 Å². The van der Waals surface area contributed by atoms with Gasteiger partial charge in [0.15, 0.2) is 0 Å². The number of piperidine rings is 1. The first-order valence-electron chi connectivity index (χ1n) is 6.64. The van der Waals surface area contributed by atoms with Gasteiger partial charge < -0.3 is 5.32 Å². The van der Waals surface area contributed by atoms with Crippen LogP contribution in [-0.2, 0) is 16.2 Å². The third-order valence-corrected chi connectivity index (χ3v) is 5.10. The average Bonchev–Trinajstić information content (AvgIpc) is 2.40. The lowest BCUT2D eigenvalue weighted by molar-refractivity contribution is -0.139. The Hall–Kier alpha value is -0.830. The normalized spacial score (nSPS) is 22.9. The van der Waals surface area contributed by atoms with E-state index in [1.807, 2.05) is 6.92 Å². The van der Waals surface area contributed by atoms with E-state index >= 15 is 0 Å². The van der Waals surface area contributed by atoms with E-state index in [1.165, 1.54) is 12.1 Å². The highest BCUT2D eigenvalue weighted by Gasteiger charge is 2.38. The zero-order valence-corrected chi connectivity index (χ0v) is 13.5. The topological polar surface area (TPSA) is 58.2 Å². The van der Waals surface area contributed by atoms with Crippen LogP contribution in [0.3, 0.4) is 0 Å². The van der Waals surface area contributed by atoms with Crippen LogP contribution in [0.4, 0.5) is 13.2 Å². The summed E-state index contributed by atoms with van der Waals surface area (Å²) in [5, 5.41) is 3.10.